The highest BCUT2D eigenvalue weighted by molar-refractivity contribution is 5.76. The maximum atomic E-state index is 14.3. The highest BCUT2D eigenvalue weighted by Gasteiger charge is 2.36. The first-order valence-corrected chi connectivity index (χ1v) is 14.3. The van der Waals surface area contributed by atoms with Crippen LogP contribution in [0.1, 0.15) is 79.3 Å². The number of nitrogens with zero attached hydrogens (tertiary/aromatic N) is 2. The van der Waals surface area contributed by atoms with Crippen LogP contribution in [-0.2, 0) is 27.1 Å². The summed E-state index contributed by atoms with van der Waals surface area (Å²) in [6.07, 6.45) is 8.81. The summed E-state index contributed by atoms with van der Waals surface area (Å²) in [4.78, 5) is 19.1. The number of unbranched alkanes of at least 4 members (excludes halogenated alkanes) is 2. The van der Waals surface area contributed by atoms with Gasteiger partial charge in [-0.15, -0.1) is 0 Å². The summed E-state index contributed by atoms with van der Waals surface area (Å²) in [5.74, 6) is -0.0734. The zero-order chi connectivity index (χ0) is 26.3. The first-order valence-electron chi connectivity index (χ1n) is 14.3. The molecule has 2 N–H and O–H groups in total. The zero-order valence-electron chi connectivity index (χ0n) is 22.2. The third kappa shape index (κ3) is 6.71. The van der Waals surface area contributed by atoms with Crippen molar-refractivity contribution < 1.29 is 23.8 Å². The summed E-state index contributed by atoms with van der Waals surface area (Å²) in [6, 6.07) is 8.14. The number of carboxylic acid groups (broad SMARTS) is 1. The Labute approximate surface area is 224 Å². The van der Waals surface area contributed by atoms with Crippen LogP contribution in [0, 0.1) is 5.82 Å². The van der Waals surface area contributed by atoms with E-state index >= 15 is 0 Å². The molecule has 38 heavy (non-hydrogen) atoms. The number of pyridine rings is 1. The minimum Gasteiger partial charge on any atom is -0.480 e. The maximum absolute atomic E-state index is 14.3. The molecule has 0 saturated carbocycles. The molecule has 0 spiro atoms. The number of ether oxygens (including phenoxy) is 2. The van der Waals surface area contributed by atoms with Crippen molar-refractivity contribution in [3.63, 3.8) is 0 Å². The van der Waals surface area contributed by atoms with Crippen molar-refractivity contribution in [2.75, 3.05) is 44.8 Å². The molecule has 0 radical (unpaired) electrons. The minimum atomic E-state index is -0.935. The van der Waals surface area contributed by atoms with E-state index in [-0.39, 0.29) is 12.0 Å². The van der Waals surface area contributed by atoms with Crippen LogP contribution in [0.25, 0.3) is 0 Å². The molecule has 2 atom stereocenters. The number of aliphatic carboxylic acids is 1. The van der Waals surface area contributed by atoms with E-state index in [2.05, 4.69) is 17.4 Å². The Kier molecular flexibility index (Phi) is 9.25. The number of anilines is 1. The van der Waals surface area contributed by atoms with E-state index in [9.17, 15) is 14.3 Å². The number of carbonyl (C=O) groups is 1. The van der Waals surface area contributed by atoms with E-state index < -0.39 is 17.8 Å². The summed E-state index contributed by atoms with van der Waals surface area (Å²) < 4.78 is 25.9. The lowest BCUT2D eigenvalue weighted by molar-refractivity contribution is -0.143. The number of aryl methyl sites for hydroxylation is 2. The monoisotopic (exact) mass is 525 g/mol. The number of hydrogen-bond acceptors (Lipinski definition) is 6. The smallest absolute Gasteiger partial charge is 0.325 e. The van der Waals surface area contributed by atoms with Gasteiger partial charge in [0.15, 0.2) is 0 Å². The van der Waals surface area contributed by atoms with Crippen LogP contribution in [0.5, 0.6) is 0 Å². The number of carboxylic acids is 1. The molecule has 8 heteroatoms. The Bertz CT molecular complexity index is 1090. The van der Waals surface area contributed by atoms with Gasteiger partial charge >= 0.3 is 5.97 Å². The average molecular weight is 526 g/mol. The number of likely N-dealkylation sites (tertiary alicyclic amines) is 1. The lowest BCUT2D eigenvalue weighted by atomic mass is 9.85. The molecule has 0 bridgehead atoms. The first-order chi connectivity index (χ1) is 18.6. The average Bonchev–Trinajstić information content (AvgIpc) is 3.39. The van der Waals surface area contributed by atoms with Crippen molar-refractivity contribution >= 4 is 11.8 Å². The minimum absolute atomic E-state index is 0.00493. The Hall–Kier alpha value is -2.55. The van der Waals surface area contributed by atoms with Crippen molar-refractivity contribution in [2.24, 2.45) is 0 Å². The topological polar surface area (TPSA) is 83.9 Å². The number of hydrogen-bond donors (Lipinski definition) is 2. The van der Waals surface area contributed by atoms with Gasteiger partial charge in [0.2, 0.25) is 0 Å². The highest BCUT2D eigenvalue weighted by atomic mass is 19.1. The molecule has 2 aromatic rings. The van der Waals surface area contributed by atoms with Crippen molar-refractivity contribution in [3.8, 4) is 0 Å². The fourth-order valence-electron chi connectivity index (χ4n) is 6.12. The van der Waals surface area contributed by atoms with Crippen LogP contribution in [0.15, 0.2) is 30.3 Å². The first kappa shape index (κ1) is 27.0. The predicted molar refractivity (Wildman–Crippen MR) is 144 cm³/mol. The Morgan fingerprint density at radius 1 is 1.18 bits per heavy atom. The second-order valence-corrected chi connectivity index (χ2v) is 10.8. The molecule has 0 amide bonds. The van der Waals surface area contributed by atoms with Gasteiger partial charge in [0, 0.05) is 45.1 Å². The number of fused-ring (bicyclic) bond motifs is 1. The van der Waals surface area contributed by atoms with Gasteiger partial charge in [-0.2, -0.15) is 0 Å². The van der Waals surface area contributed by atoms with Gasteiger partial charge in [0.05, 0.1) is 6.10 Å². The predicted octanol–water partition coefficient (Wildman–Crippen LogP) is 5.10. The standard InChI is InChI=1S/C30H40FN3O4/c31-23-8-10-26(21-12-17-37-18-13-21)27(19-23)28(30(35)36)34-15-11-25(20-34)38-16-3-1-2-6-24-9-7-22-5-4-14-32-29(22)33-24/h7-10,19,21,25,28H,1-6,11-18,20H2,(H,32,33)(H,35,36)/t25-,28+/m1/s1. The second-order valence-electron chi connectivity index (χ2n) is 10.8. The van der Waals surface area contributed by atoms with Gasteiger partial charge in [-0.05, 0) is 92.2 Å². The van der Waals surface area contributed by atoms with E-state index in [1.807, 2.05) is 4.90 Å². The Morgan fingerprint density at radius 3 is 2.89 bits per heavy atom. The molecule has 1 aromatic carbocycles. The third-order valence-electron chi connectivity index (χ3n) is 8.16. The van der Waals surface area contributed by atoms with Gasteiger partial charge in [-0.25, -0.2) is 9.37 Å². The molecule has 5 rings (SSSR count). The molecule has 2 saturated heterocycles. The summed E-state index contributed by atoms with van der Waals surface area (Å²) in [6.45, 7) is 4.16. The molecule has 2 fully saturated rings. The van der Waals surface area contributed by atoms with E-state index in [1.165, 1.54) is 24.1 Å². The van der Waals surface area contributed by atoms with Crippen LogP contribution in [0.2, 0.25) is 0 Å². The molecule has 3 aliphatic heterocycles. The second kappa shape index (κ2) is 13.0. The number of nitrogens with one attached hydrogen (secondary N) is 1. The summed E-state index contributed by atoms with van der Waals surface area (Å²) in [7, 11) is 0. The van der Waals surface area contributed by atoms with Crippen LogP contribution in [-0.4, -0.2) is 66.5 Å². The molecule has 4 heterocycles. The van der Waals surface area contributed by atoms with Gasteiger partial charge in [-0.3, -0.25) is 9.69 Å². The van der Waals surface area contributed by atoms with E-state index in [0.717, 1.165) is 75.0 Å². The van der Waals surface area contributed by atoms with Gasteiger partial charge in [0.1, 0.15) is 17.7 Å². The highest BCUT2D eigenvalue weighted by Crippen LogP contribution is 2.36. The molecule has 0 unspecified atom stereocenters. The molecular weight excluding hydrogens is 485 g/mol. The maximum Gasteiger partial charge on any atom is 0.325 e. The molecule has 206 valence electrons. The van der Waals surface area contributed by atoms with Gasteiger partial charge in [0.25, 0.3) is 0 Å². The normalized spacial score (nSPS) is 21.1. The van der Waals surface area contributed by atoms with Crippen molar-refractivity contribution in [1.29, 1.82) is 0 Å². The van der Waals surface area contributed by atoms with Gasteiger partial charge in [-0.1, -0.05) is 18.6 Å². The summed E-state index contributed by atoms with van der Waals surface area (Å²) >= 11 is 0. The quantitative estimate of drug-likeness (QED) is 0.395. The SMILES string of the molecule is O=C(O)[C@H](c1cc(F)ccc1C1CCOCC1)N1CC[C@@H](OCCCCCc2ccc3c(n2)NCCC3)C1. The largest absolute Gasteiger partial charge is 0.480 e. The Morgan fingerprint density at radius 2 is 2.05 bits per heavy atom. The lowest BCUT2D eigenvalue weighted by Crippen LogP contribution is -2.34. The Balaban J connectivity index is 1.09. The number of halogens is 1. The van der Waals surface area contributed by atoms with Crippen LogP contribution >= 0.6 is 0 Å². The molecule has 3 aliphatic rings. The molecule has 7 nitrogen and oxygen atoms in total. The van der Waals surface area contributed by atoms with Gasteiger partial charge < -0.3 is 19.9 Å². The van der Waals surface area contributed by atoms with Crippen molar-refractivity contribution in [3.05, 3.63) is 58.5 Å². The molecule has 0 aliphatic carbocycles. The summed E-state index contributed by atoms with van der Waals surface area (Å²) in [5.41, 5.74) is 3.98. The fraction of sp³-hybridized carbons (Fsp3) is 0.600. The zero-order valence-corrected chi connectivity index (χ0v) is 22.2. The van der Waals surface area contributed by atoms with Crippen molar-refractivity contribution in [2.45, 2.75) is 75.9 Å². The third-order valence-corrected chi connectivity index (χ3v) is 8.16. The van der Waals surface area contributed by atoms with E-state index in [1.54, 1.807) is 6.07 Å². The van der Waals surface area contributed by atoms with Crippen molar-refractivity contribution in [1.82, 2.24) is 9.88 Å². The van der Waals surface area contributed by atoms with Crippen LogP contribution < -0.4 is 5.32 Å². The van der Waals surface area contributed by atoms with E-state index in [0.29, 0.717) is 38.5 Å². The molecule has 1 aromatic heterocycles. The van der Waals surface area contributed by atoms with E-state index in [4.69, 9.17) is 14.5 Å². The van der Waals surface area contributed by atoms with Crippen LogP contribution in [0.4, 0.5) is 10.2 Å². The summed E-state index contributed by atoms with van der Waals surface area (Å²) in [5, 5.41) is 13.6. The number of aromatic nitrogens is 1. The number of rotatable bonds is 11. The van der Waals surface area contributed by atoms with Crippen LogP contribution in [0.3, 0.4) is 0 Å². The fourth-order valence-corrected chi connectivity index (χ4v) is 6.12. The molecular formula is C30H40FN3O4. The number of benzene rings is 1. The lowest BCUT2D eigenvalue weighted by Gasteiger charge is -2.30.